The van der Waals surface area contributed by atoms with Gasteiger partial charge < -0.3 is 15.2 Å². The van der Waals surface area contributed by atoms with Crippen molar-refractivity contribution in [2.45, 2.75) is 19.5 Å². The van der Waals surface area contributed by atoms with E-state index in [1.54, 1.807) is 6.92 Å². The Labute approximate surface area is 118 Å². The average molecular weight is 305 g/mol. The lowest BCUT2D eigenvalue weighted by Crippen LogP contribution is -2.16. The number of amides is 1. The molecule has 0 heterocycles. The molecule has 0 bridgehead atoms. The molecule has 0 aromatic heterocycles. The lowest BCUT2D eigenvalue weighted by atomic mass is 10.1. The van der Waals surface area contributed by atoms with Crippen LogP contribution in [0.4, 0.5) is 13.2 Å². The highest BCUT2D eigenvalue weighted by atomic mass is 19.4. The summed E-state index contributed by atoms with van der Waals surface area (Å²) in [7, 11) is 0. The quantitative estimate of drug-likeness (QED) is 0.817. The number of hydrogen-bond donors (Lipinski definition) is 1. The van der Waals surface area contributed by atoms with Gasteiger partial charge in [-0.05, 0) is 25.1 Å². The number of primary amides is 1. The zero-order valence-electron chi connectivity index (χ0n) is 11.2. The number of rotatable bonds is 6. The number of ether oxygens (including phenoxy) is 2. The third kappa shape index (κ3) is 4.97. The van der Waals surface area contributed by atoms with Gasteiger partial charge in [0.15, 0.2) is 0 Å². The molecule has 0 aliphatic heterocycles. The normalized spacial score (nSPS) is 11.0. The number of carbonyl (C=O) groups is 2. The van der Waals surface area contributed by atoms with Crippen LogP contribution in [0.25, 0.3) is 0 Å². The lowest BCUT2D eigenvalue weighted by Gasteiger charge is -2.14. The molecule has 0 saturated heterocycles. The molecule has 5 nitrogen and oxygen atoms in total. The summed E-state index contributed by atoms with van der Waals surface area (Å²) in [5.41, 5.74) is 3.54. The van der Waals surface area contributed by atoms with Crippen LogP contribution in [-0.2, 0) is 15.7 Å². The van der Waals surface area contributed by atoms with Crippen molar-refractivity contribution in [1.29, 1.82) is 0 Å². The first-order valence-corrected chi connectivity index (χ1v) is 6.05. The third-order valence-electron chi connectivity index (χ3n) is 2.44. The molecule has 1 aromatic rings. The fourth-order valence-electron chi connectivity index (χ4n) is 1.51. The van der Waals surface area contributed by atoms with Gasteiger partial charge in [-0.1, -0.05) is 0 Å². The second-order valence-electron chi connectivity index (χ2n) is 3.98. The number of esters is 1. The second-order valence-corrected chi connectivity index (χ2v) is 3.98. The summed E-state index contributed by atoms with van der Waals surface area (Å²) in [4.78, 5) is 22.0. The largest absolute Gasteiger partial charge is 0.492 e. The molecule has 0 spiro atoms. The lowest BCUT2D eigenvalue weighted by molar-refractivity contribution is -0.143. The van der Waals surface area contributed by atoms with E-state index in [1.807, 2.05) is 0 Å². The topological polar surface area (TPSA) is 78.6 Å². The van der Waals surface area contributed by atoms with Crippen molar-refractivity contribution in [1.82, 2.24) is 0 Å². The molecule has 8 heteroatoms. The summed E-state index contributed by atoms with van der Waals surface area (Å²) in [5.74, 6) is -2.02. The zero-order chi connectivity index (χ0) is 16.0. The van der Waals surface area contributed by atoms with Crippen LogP contribution in [0.15, 0.2) is 18.2 Å². The molecule has 2 N–H and O–H groups in total. The van der Waals surface area contributed by atoms with Gasteiger partial charge in [0.2, 0.25) is 5.91 Å². The Morgan fingerprint density at radius 2 is 1.95 bits per heavy atom. The number of carbonyl (C=O) groups excluding carboxylic acids is 2. The molecular weight excluding hydrogens is 291 g/mol. The van der Waals surface area contributed by atoms with Crippen LogP contribution in [0.3, 0.4) is 0 Å². The van der Waals surface area contributed by atoms with E-state index in [1.165, 1.54) is 0 Å². The first-order valence-electron chi connectivity index (χ1n) is 6.05. The molecule has 0 unspecified atom stereocenters. The van der Waals surface area contributed by atoms with Gasteiger partial charge in [-0.25, -0.2) is 0 Å². The Kier molecular flexibility index (Phi) is 5.57. The monoisotopic (exact) mass is 305 g/mol. The molecule has 1 rings (SSSR count). The molecule has 116 valence electrons. The molecule has 0 aliphatic rings. The zero-order valence-corrected chi connectivity index (χ0v) is 11.2. The fraction of sp³-hybridized carbons (Fsp3) is 0.385. The van der Waals surface area contributed by atoms with E-state index in [2.05, 4.69) is 4.74 Å². The van der Waals surface area contributed by atoms with E-state index in [4.69, 9.17) is 10.5 Å². The molecular formula is C13H14F3NO4. The first-order chi connectivity index (χ1) is 9.75. The van der Waals surface area contributed by atoms with Gasteiger partial charge in [0.25, 0.3) is 0 Å². The van der Waals surface area contributed by atoms with Crippen molar-refractivity contribution >= 4 is 11.9 Å². The summed E-state index contributed by atoms with van der Waals surface area (Å²) in [6.45, 7) is 1.53. The summed E-state index contributed by atoms with van der Waals surface area (Å²) in [6, 6.07) is 2.73. The summed E-state index contributed by atoms with van der Waals surface area (Å²) < 4.78 is 48.2. The Hall–Kier alpha value is -2.25. The van der Waals surface area contributed by atoms with Gasteiger partial charge in [0.1, 0.15) is 5.75 Å². The average Bonchev–Trinajstić information content (AvgIpc) is 2.37. The third-order valence-corrected chi connectivity index (χ3v) is 2.44. The smallest absolute Gasteiger partial charge is 0.419 e. The highest BCUT2D eigenvalue weighted by Gasteiger charge is 2.35. The van der Waals surface area contributed by atoms with Crippen LogP contribution in [0.2, 0.25) is 0 Å². The van der Waals surface area contributed by atoms with E-state index < -0.39 is 29.4 Å². The van der Waals surface area contributed by atoms with Gasteiger partial charge in [-0.2, -0.15) is 13.2 Å². The Morgan fingerprint density at radius 1 is 1.29 bits per heavy atom. The molecule has 0 fully saturated rings. The van der Waals surface area contributed by atoms with Crippen LogP contribution < -0.4 is 10.5 Å². The Morgan fingerprint density at radius 3 is 2.48 bits per heavy atom. The minimum atomic E-state index is -4.70. The number of benzene rings is 1. The minimum absolute atomic E-state index is 0.178. The van der Waals surface area contributed by atoms with Gasteiger partial charge >= 0.3 is 12.1 Å². The molecule has 21 heavy (non-hydrogen) atoms. The standard InChI is InChI=1S/C13H14F3NO4/c1-2-20-11(18)5-6-21-10-4-3-8(12(17)19)7-9(10)13(14,15)16/h3-4,7H,2,5-6H2,1H3,(H2,17,19). The number of halogens is 3. The molecule has 0 aliphatic carbocycles. The van der Waals surface area contributed by atoms with E-state index >= 15 is 0 Å². The predicted molar refractivity (Wildman–Crippen MR) is 66.7 cm³/mol. The molecule has 1 amide bonds. The molecule has 0 atom stereocenters. The summed E-state index contributed by atoms with van der Waals surface area (Å²) >= 11 is 0. The molecule has 0 radical (unpaired) electrons. The molecule has 0 saturated carbocycles. The van der Waals surface area contributed by atoms with Gasteiger partial charge in [0, 0.05) is 5.56 Å². The van der Waals surface area contributed by atoms with Crippen LogP contribution in [0.1, 0.15) is 29.3 Å². The van der Waals surface area contributed by atoms with E-state index in [-0.39, 0.29) is 25.2 Å². The van der Waals surface area contributed by atoms with E-state index in [0.717, 1.165) is 12.1 Å². The van der Waals surface area contributed by atoms with Crippen molar-refractivity contribution in [3.63, 3.8) is 0 Å². The summed E-state index contributed by atoms with van der Waals surface area (Å²) in [5, 5.41) is 0. The van der Waals surface area contributed by atoms with Gasteiger partial charge in [-0.15, -0.1) is 0 Å². The van der Waals surface area contributed by atoms with Crippen LogP contribution in [0.5, 0.6) is 5.75 Å². The maximum atomic E-state index is 12.9. The van der Waals surface area contributed by atoms with Gasteiger partial charge in [0.05, 0.1) is 25.2 Å². The number of nitrogens with two attached hydrogens (primary N) is 1. The summed E-state index contributed by atoms with van der Waals surface area (Å²) in [6.07, 6.45) is -4.88. The fourth-order valence-corrected chi connectivity index (χ4v) is 1.51. The van der Waals surface area contributed by atoms with Crippen LogP contribution in [-0.4, -0.2) is 25.1 Å². The van der Waals surface area contributed by atoms with Crippen molar-refractivity contribution in [2.75, 3.05) is 13.2 Å². The highest BCUT2D eigenvalue weighted by Crippen LogP contribution is 2.36. The first kappa shape index (κ1) is 16.8. The van der Waals surface area contributed by atoms with Gasteiger partial charge in [-0.3, -0.25) is 9.59 Å². The number of alkyl halides is 3. The number of hydrogen-bond acceptors (Lipinski definition) is 4. The van der Waals surface area contributed by atoms with E-state index in [0.29, 0.717) is 6.07 Å². The van der Waals surface area contributed by atoms with E-state index in [9.17, 15) is 22.8 Å². The Balaban J connectivity index is 2.86. The van der Waals surface area contributed by atoms with Crippen molar-refractivity contribution in [3.05, 3.63) is 29.3 Å². The van der Waals surface area contributed by atoms with Crippen LogP contribution in [0, 0.1) is 0 Å². The second kappa shape index (κ2) is 6.96. The SMILES string of the molecule is CCOC(=O)CCOc1ccc(C(N)=O)cc1C(F)(F)F. The van der Waals surface area contributed by atoms with Crippen molar-refractivity contribution in [3.8, 4) is 5.75 Å². The molecule has 1 aromatic carbocycles. The Bertz CT molecular complexity index is 529. The van der Waals surface area contributed by atoms with Crippen molar-refractivity contribution in [2.24, 2.45) is 5.73 Å². The van der Waals surface area contributed by atoms with Crippen LogP contribution >= 0.6 is 0 Å². The predicted octanol–water partition coefficient (Wildman–Crippen LogP) is 2.14. The highest BCUT2D eigenvalue weighted by molar-refractivity contribution is 5.93. The maximum Gasteiger partial charge on any atom is 0.419 e. The minimum Gasteiger partial charge on any atom is -0.492 e. The van der Waals surface area contributed by atoms with Crippen molar-refractivity contribution < 1.29 is 32.2 Å². The maximum absolute atomic E-state index is 12.9.